The van der Waals surface area contributed by atoms with Crippen LogP contribution in [0.3, 0.4) is 0 Å². The predicted octanol–water partition coefficient (Wildman–Crippen LogP) is 1.82. The molecule has 0 radical (unpaired) electrons. The lowest BCUT2D eigenvalue weighted by atomic mass is 10.0. The molecule has 0 spiro atoms. The first-order chi connectivity index (χ1) is 7.44. The highest BCUT2D eigenvalue weighted by Crippen LogP contribution is 2.09. The smallest absolute Gasteiger partial charge is 0.225 e. The van der Waals surface area contributed by atoms with Crippen molar-refractivity contribution in [1.82, 2.24) is 15.3 Å². The summed E-state index contributed by atoms with van der Waals surface area (Å²) in [5, 5.41) is 3.48. The van der Waals surface area contributed by atoms with Crippen LogP contribution in [0.5, 0.6) is 0 Å². The molecule has 0 aliphatic carbocycles. The van der Waals surface area contributed by atoms with E-state index in [2.05, 4.69) is 36.1 Å². The molecule has 0 saturated carbocycles. The topological polar surface area (TPSA) is 41.1 Å². The molecule has 1 rings (SSSR count). The summed E-state index contributed by atoms with van der Waals surface area (Å²) in [5.74, 6) is 0.758. The van der Waals surface area contributed by atoms with E-state index >= 15 is 0 Å². The van der Waals surface area contributed by atoms with Crippen LogP contribution in [0.4, 0.5) is 5.95 Å². The molecule has 0 aliphatic heterocycles. The Labute approximate surface area is 98.1 Å². The Morgan fingerprint density at radius 2 is 2.06 bits per heavy atom. The van der Waals surface area contributed by atoms with Crippen molar-refractivity contribution in [3.8, 4) is 0 Å². The van der Waals surface area contributed by atoms with Gasteiger partial charge in [0, 0.05) is 32.4 Å². The van der Waals surface area contributed by atoms with Crippen molar-refractivity contribution < 1.29 is 0 Å². The lowest BCUT2D eigenvalue weighted by Crippen LogP contribution is -2.38. The molecule has 0 saturated heterocycles. The van der Waals surface area contributed by atoms with Crippen molar-refractivity contribution >= 4 is 5.95 Å². The lowest BCUT2D eigenvalue weighted by molar-refractivity contribution is 0.372. The van der Waals surface area contributed by atoms with Crippen LogP contribution in [-0.2, 0) is 6.54 Å². The summed E-state index contributed by atoms with van der Waals surface area (Å²) < 4.78 is 0. The van der Waals surface area contributed by atoms with E-state index in [9.17, 15) is 0 Å². The van der Waals surface area contributed by atoms with E-state index in [4.69, 9.17) is 0 Å². The predicted molar refractivity (Wildman–Crippen MR) is 67.6 cm³/mol. The number of anilines is 1. The average molecular weight is 222 g/mol. The first-order valence-electron chi connectivity index (χ1n) is 5.69. The first kappa shape index (κ1) is 12.9. The summed E-state index contributed by atoms with van der Waals surface area (Å²) in [6.45, 7) is 7.35. The summed E-state index contributed by atoms with van der Waals surface area (Å²) in [5.41, 5.74) is 1.18. The van der Waals surface area contributed by atoms with Crippen LogP contribution < -0.4 is 10.2 Å². The third-order valence-corrected chi connectivity index (χ3v) is 2.73. The summed E-state index contributed by atoms with van der Waals surface area (Å²) in [6, 6.07) is 1.95. The van der Waals surface area contributed by atoms with Crippen LogP contribution in [0, 0.1) is 0 Å². The maximum Gasteiger partial charge on any atom is 0.225 e. The quantitative estimate of drug-likeness (QED) is 0.825. The minimum absolute atomic E-state index is 0.156. The van der Waals surface area contributed by atoms with E-state index in [1.54, 1.807) is 6.20 Å². The SMILES string of the molecule is CCC(C)(C)NCc1ccnc(N(C)C)n1. The first-order valence-corrected chi connectivity index (χ1v) is 5.69. The van der Waals surface area contributed by atoms with Crippen LogP contribution in [0.2, 0.25) is 0 Å². The Hall–Kier alpha value is -1.16. The van der Waals surface area contributed by atoms with Crippen LogP contribution in [0.15, 0.2) is 12.3 Å². The summed E-state index contributed by atoms with van der Waals surface area (Å²) in [7, 11) is 3.89. The van der Waals surface area contributed by atoms with Gasteiger partial charge in [-0.05, 0) is 26.3 Å². The number of aromatic nitrogens is 2. The zero-order valence-electron chi connectivity index (χ0n) is 10.9. The fourth-order valence-electron chi connectivity index (χ4n) is 1.15. The monoisotopic (exact) mass is 222 g/mol. The van der Waals surface area contributed by atoms with Gasteiger partial charge in [-0.25, -0.2) is 9.97 Å². The molecule has 0 aliphatic rings. The zero-order chi connectivity index (χ0) is 12.2. The fraction of sp³-hybridized carbons (Fsp3) is 0.667. The van der Waals surface area contributed by atoms with E-state index in [1.165, 1.54) is 0 Å². The zero-order valence-corrected chi connectivity index (χ0v) is 10.9. The number of nitrogens with one attached hydrogen (secondary N) is 1. The van der Waals surface area contributed by atoms with Gasteiger partial charge in [-0.15, -0.1) is 0 Å². The third kappa shape index (κ3) is 3.77. The standard InChI is InChI=1S/C12H22N4/c1-6-12(2,3)14-9-10-7-8-13-11(15-10)16(4)5/h7-8,14H,6,9H2,1-5H3. The van der Waals surface area contributed by atoms with E-state index in [0.717, 1.165) is 24.6 Å². The Bertz CT molecular complexity index is 334. The molecule has 0 amide bonds. The maximum absolute atomic E-state index is 4.46. The second-order valence-corrected chi connectivity index (χ2v) is 4.83. The largest absolute Gasteiger partial charge is 0.347 e. The van der Waals surface area contributed by atoms with Gasteiger partial charge in [0.05, 0.1) is 5.69 Å². The van der Waals surface area contributed by atoms with Crippen molar-refractivity contribution in [2.75, 3.05) is 19.0 Å². The van der Waals surface area contributed by atoms with Gasteiger partial charge < -0.3 is 10.2 Å². The summed E-state index contributed by atoms with van der Waals surface area (Å²) >= 11 is 0. The highest BCUT2D eigenvalue weighted by atomic mass is 15.2. The van der Waals surface area contributed by atoms with Crippen molar-refractivity contribution in [3.63, 3.8) is 0 Å². The lowest BCUT2D eigenvalue weighted by Gasteiger charge is -2.24. The number of hydrogen-bond donors (Lipinski definition) is 1. The van der Waals surface area contributed by atoms with Crippen LogP contribution in [-0.4, -0.2) is 29.6 Å². The molecule has 4 nitrogen and oxygen atoms in total. The minimum Gasteiger partial charge on any atom is -0.347 e. The molecule has 0 unspecified atom stereocenters. The Morgan fingerprint density at radius 1 is 1.38 bits per heavy atom. The maximum atomic E-state index is 4.46. The van der Waals surface area contributed by atoms with Crippen molar-refractivity contribution in [2.24, 2.45) is 0 Å². The summed E-state index contributed by atoms with van der Waals surface area (Å²) in [4.78, 5) is 10.6. The number of nitrogens with zero attached hydrogens (tertiary/aromatic N) is 3. The van der Waals surface area contributed by atoms with Crippen molar-refractivity contribution in [1.29, 1.82) is 0 Å². The molecule has 0 atom stereocenters. The number of rotatable bonds is 5. The second kappa shape index (κ2) is 5.25. The Morgan fingerprint density at radius 3 is 2.62 bits per heavy atom. The normalized spacial score (nSPS) is 11.6. The van der Waals surface area contributed by atoms with E-state index in [0.29, 0.717) is 0 Å². The van der Waals surface area contributed by atoms with E-state index in [-0.39, 0.29) is 5.54 Å². The average Bonchev–Trinajstić information content (AvgIpc) is 2.27. The Balaban J connectivity index is 2.64. The van der Waals surface area contributed by atoms with Gasteiger partial charge in [-0.1, -0.05) is 6.92 Å². The van der Waals surface area contributed by atoms with Crippen molar-refractivity contribution in [2.45, 2.75) is 39.3 Å². The number of hydrogen-bond acceptors (Lipinski definition) is 4. The second-order valence-electron chi connectivity index (χ2n) is 4.83. The molecular formula is C12H22N4. The molecular weight excluding hydrogens is 200 g/mol. The molecule has 90 valence electrons. The van der Waals surface area contributed by atoms with E-state index < -0.39 is 0 Å². The summed E-state index contributed by atoms with van der Waals surface area (Å²) in [6.07, 6.45) is 2.90. The molecule has 1 N–H and O–H groups in total. The van der Waals surface area contributed by atoms with Gasteiger partial charge in [0.2, 0.25) is 5.95 Å². The third-order valence-electron chi connectivity index (χ3n) is 2.73. The molecule has 0 aromatic carbocycles. The molecule has 1 aromatic rings. The van der Waals surface area contributed by atoms with Crippen molar-refractivity contribution in [3.05, 3.63) is 18.0 Å². The highest BCUT2D eigenvalue weighted by molar-refractivity contribution is 5.27. The van der Waals surface area contributed by atoms with Crippen LogP contribution >= 0.6 is 0 Å². The fourth-order valence-corrected chi connectivity index (χ4v) is 1.15. The molecule has 0 bridgehead atoms. The minimum atomic E-state index is 0.156. The molecule has 4 heteroatoms. The van der Waals surface area contributed by atoms with Gasteiger partial charge in [0.1, 0.15) is 0 Å². The molecule has 1 heterocycles. The van der Waals surface area contributed by atoms with Gasteiger partial charge in [-0.3, -0.25) is 0 Å². The van der Waals surface area contributed by atoms with Gasteiger partial charge in [0.15, 0.2) is 0 Å². The highest BCUT2D eigenvalue weighted by Gasteiger charge is 2.13. The van der Waals surface area contributed by atoms with Gasteiger partial charge >= 0.3 is 0 Å². The van der Waals surface area contributed by atoms with E-state index in [1.807, 2.05) is 25.1 Å². The molecule has 0 fully saturated rings. The van der Waals surface area contributed by atoms with Crippen LogP contribution in [0.1, 0.15) is 32.9 Å². The molecule has 1 aromatic heterocycles. The van der Waals surface area contributed by atoms with Gasteiger partial charge in [-0.2, -0.15) is 0 Å². The Kier molecular flexibility index (Phi) is 4.24. The van der Waals surface area contributed by atoms with Gasteiger partial charge in [0.25, 0.3) is 0 Å². The molecule has 16 heavy (non-hydrogen) atoms. The van der Waals surface area contributed by atoms with Crippen LogP contribution in [0.25, 0.3) is 0 Å².